The lowest BCUT2D eigenvalue weighted by atomic mass is 10.0. The summed E-state index contributed by atoms with van der Waals surface area (Å²) in [6, 6.07) is 6.77. The van der Waals surface area contributed by atoms with Gasteiger partial charge < -0.3 is 10.1 Å². The van der Waals surface area contributed by atoms with Crippen molar-refractivity contribution in [2.45, 2.75) is 32.4 Å². The number of hydrogen-bond donors (Lipinski definition) is 1. The molecule has 1 heterocycles. The fourth-order valence-electron chi connectivity index (χ4n) is 2.24. The molecule has 1 N–H and O–H groups in total. The van der Waals surface area contributed by atoms with E-state index in [9.17, 15) is 14.4 Å². The number of rotatable bonds is 4. The van der Waals surface area contributed by atoms with E-state index in [-0.39, 0.29) is 24.8 Å². The molecule has 0 spiro atoms. The van der Waals surface area contributed by atoms with E-state index >= 15 is 0 Å². The van der Waals surface area contributed by atoms with E-state index in [4.69, 9.17) is 0 Å². The van der Waals surface area contributed by atoms with Crippen LogP contribution >= 0.6 is 0 Å². The van der Waals surface area contributed by atoms with Gasteiger partial charge in [0, 0.05) is 0 Å². The summed E-state index contributed by atoms with van der Waals surface area (Å²) in [5.74, 6) is -0.639. The topological polar surface area (TPSA) is 75.7 Å². The van der Waals surface area contributed by atoms with Crippen LogP contribution in [0.15, 0.2) is 24.3 Å². The summed E-state index contributed by atoms with van der Waals surface area (Å²) in [6.07, 6.45) is 0.111. The molecule has 0 radical (unpaired) electrons. The first-order chi connectivity index (χ1) is 9.85. The quantitative estimate of drug-likeness (QED) is 0.668. The van der Waals surface area contributed by atoms with Gasteiger partial charge >= 0.3 is 12.0 Å². The van der Waals surface area contributed by atoms with Gasteiger partial charge in [-0.3, -0.25) is 14.5 Å². The number of nitrogens with zero attached hydrogens (tertiary/aromatic N) is 1. The first-order valence-electron chi connectivity index (χ1n) is 6.63. The number of nitrogens with one attached hydrogen (secondary N) is 1. The molecule has 21 heavy (non-hydrogen) atoms. The largest absolute Gasteiger partial charge is 0.469 e. The van der Waals surface area contributed by atoms with E-state index in [1.165, 1.54) is 7.11 Å². The van der Waals surface area contributed by atoms with Crippen molar-refractivity contribution in [1.29, 1.82) is 0 Å². The molecule has 0 unspecified atom stereocenters. The summed E-state index contributed by atoms with van der Waals surface area (Å²) in [5.41, 5.74) is 0.604. The highest BCUT2D eigenvalue weighted by atomic mass is 16.5. The summed E-state index contributed by atoms with van der Waals surface area (Å²) in [7, 11) is 1.32. The van der Waals surface area contributed by atoms with Crippen molar-refractivity contribution in [3.05, 3.63) is 35.4 Å². The lowest BCUT2D eigenvalue weighted by molar-refractivity contribution is -0.139. The minimum atomic E-state index is -0.894. The van der Waals surface area contributed by atoms with Crippen LogP contribution in [0.1, 0.15) is 25.0 Å². The summed E-state index contributed by atoms with van der Waals surface area (Å²) in [4.78, 5) is 36.7. The molecule has 0 bridgehead atoms. The van der Waals surface area contributed by atoms with Gasteiger partial charge in [0.15, 0.2) is 0 Å². The maximum Gasteiger partial charge on any atom is 0.325 e. The van der Waals surface area contributed by atoms with Crippen LogP contribution in [0.25, 0.3) is 0 Å². The highest BCUT2D eigenvalue weighted by Crippen LogP contribution is 2.21. The van der Waals surface area contributed by atoms with E-state index in [0.29, 0.717) is 0 Å². The predicted molar refractivity (Wildman–Crippen MR) is 75.3 cm³/mol. The number of esters is 1. The number of benzene rings is 1. The second-order valence-corrected chi connectivity index (χ2v) is 5.47. The Labute approximate surface area is 123 Å². The van der Waals surface area contributed by atoms with Crippen LogP contribution in [0, 0.1) is 0 Å². The fraction of sp³-hybridized carbons (Fsp3) is 0.400. The van der Waals surface area contributed by atoms with Gasteiger partial charge in [0.05, 0.1) is 20.1 Å². The third kappa shape index (κ3) is 3.04. The van der Waals surface area contributed by atoms with Crippen LogP contribution < -0.4 is 5.32 Å². The van der Waals surface area contributed by atoms with E-state index in [1.807, 2.05) is 0 Å². The van der Waals surface area contributed by atoms with Crippen LogP contribution in [0.5, 0.6) is 0 Å². The maximum atomic E-state index is 12.2. The number of carbonyl (C=O) groups is 3. The molecule has 1 aliphatic heterocycles. The molecule has 1 aliphatic rings. The van der Waals surface area contributed by atoms with E-state index in [1.54, 1.807) is 38.1 Å². The highest BCUT2D eigenvalue weighted by Gasteiger charge is 2.44. The minimum Gasteiger partial charge on any atom is -0.469 e. The third-order valence-electron chi connectivity index (χ3n) is 3.45. The number of amides is 3. The molecule has 3 amide bonds. The van der Waals surface area contributed by atoms with E-state index < -0.39 is 11.6 Å². The Morgan fingerprint density at radius 2 is 1.86 bits per heavy atom. The van der Waals surface area contributed by atoms with E-state index in [0.717, 1.165) is 16.0 Å². The first-order valence-corrected chi connectivity index (χ1v) is 6.63. The van der Waals surface area contributed by atoms with Gasteiger partial charge in [-0.15, -0.1) is 0 Å². The molecule has 6 nitrogen and oxygen atoms in total. The Kier molecular flexibility index (Phi) is 3.97. The standard InChI is InChI=1S/C15H18N2O4/c1-15(2)13(19)17(14(20)16-15)9-11-7-5-4-6-10(11)8-12(18)21-3/h4-7H,8-9H2,1-3H3,(H,16,20). The number of hydrogen-bond acceptors (Lipinski definition) is 4. The first kappa shape index (κ1) is 15.0. The predicted octanol–water partition coefficient (Wildman–Crippen LogP) is 1.23. The van der Waals surface area contributed by atoms with Crippen LogP contribution in [-0.2, 0) is 27.3 Å². The Morgan fingerprint density at radius 1 is 1.24 bits per heavy atom. The number of methoxy groups -OCH3 is 1. The molecule has 6 heteroatoms. The number of imide groups is 1. The second kappa shape index (κ2) is 5.55. The van der Waals surface area contributed by atoms with Gasteiger partial charge in [0.1, 0.15) is 5.54 Å². The van der Waals surface area contributed by atoms with Crippen LogP contribution in [0.2, 0.25) is 0 Å². The molecule has 112 valence electrons. The zero-order chi connectivity index (χ0) is 15.6. The lowest BCUT2D eigenvalue weighted by Crippen LogP contribution is -2.40. The second-order valence-electron chi connectivity index (χ2n) is 5.47. The average molecular weight is 290 g/mol. The molecule has 0 saturated carbocycles. The van der Waals surface area contributed by atoms with Gasteiger partial charge in [0.2, 0.25) is 0 Å². The highest BCUT2D eigenvalue weighted by molar-refractivity contribution is 6.06. The molecule has 1 saturated heterocycles. The SMILES string of the molecule is COC(=O)Cc1ccccc1CN1C(=O)NC(C)(C)C1=O. The molecular weight excluding hydrogens is 272 g/mol. The molecule has 0 aromatic heterocycles. The van der Waals surface area contributed by atoms with Crippen molar-refractivity contribution in [2.75, 3.05) is 7.11 Å². The van der Waals surface area contributed by atoms with Crippen LogP contribution in [0.4, 0.5) is 4.79 Å². The van der Waals surface area contributed by atoms with Crippen molar-refractivity contribution in [3.8, 4) is 0 Å². The van der Waals surface area contributed by atoms with Crippen LogP contribution in [-0.4, -0.2) is 35.5 Å². The Hall–Kier alpha value is -2.37. The smallest absolute Gasteiger partial charge is 0.325 e. The summed E-state index contributed by atoms with van der Waals surface area (Å²) in [5, 5.41) is 2.63. The molecule has 2 rings (SSSR count). The van der Waals surface area contributed by atoms with Crippen molar-refractivity contribution >= 4 is 17.9 Å². The number of carbonyl (C=O) groups excluding carboxylic acids is 3. The molecule has 1 aromatic carbocycles. The Balaban J connectivity index is 2.22. The van der Waals surface area contributed by atoms with Gasteiger partial charge in [0.25, 0.3) is 5.91 Å². The minimum absolute atomic E-state index is 0.111. The van der Waals surface area contributed by atoms with Gasteiger partial charge in [-0.05, 0) is 25.0 Å². The molecular formula is C15H18N2O4. The third-order valence-corrected chi connectivity index (χ3v) is 3.45. The Bertz CT molecular complexity index is 595. The zero-order valence-corrected chi connectivity index (χ0v) is 12.3. The molecule has 1 aromatic rings. The van der Waals surface area contributed by atoms with Crippen molar-refractivity contribution in [3.63, 3.8) is 0 Å². The summed E-state index contributed by atoms with van der Waals surface area (Å²) >= 11 is 0. The Morgan fingerprint density at radius 3 is 2.38 bits per heavy atom. The summed E-state index contributed by atoms with van der Waals surface area (Å²) in [6.45, 7) is 3.46. The number of urea groups is 1. The normalized spacial score (nSPS) is 16.8. The monoisotopic (exact) mass is 290 g/mol. The molecule has 0 atom stereocenters. The molecule has 0 aliphatic carbocycles. The number of ether oxygens (including phenoxy) is 1. The van der Waals surface area contributed by atoms with Crippen molar-refractivity contribution in [1.82, 2.24) is 10.2 Å². The van der Waals surface area contributed by atoms with Gasteiger partial charge in [-0.25, -0.2) is 4.79 Å². The fourth-order valence-corrected chi connectivity index (χ4v) is 2.24. The zero-order valence-electron chi connectivity index (χ0n) is 12.3. The lowest BCUT2D eigenvalue weighted by Gasteiger charge is -2.17. The molecule has 1 fully saturated rings. The van der Waals surface area contributed by atoms with Gasteiger partial charge in [-0.2, -0.15) is 0 Å². The van der Waals surface area contributed by atoms with E-state index in [2.05, 4.69) is 10.1 Å². The van der Waals surface area contributed by atoms with Crippen LogP contribution in [0.3, 0.4) is 0 Å². The van der Waals surface area contributed by atoms with Crippen molar-refractivity contribution in [2.24, 2.45) is 0 Å². The van der Waals surface area contributed by atoms with Gasteiger partial charge in [-0.1, -0.05) is 24.3 Å². The average Bonchev–Trinajstić information content (AvgIpc) is 2.62. The summed E-state index contributed by atoms with van der Waals surface area (Å²) < 4.78 is 4.66. The maximum absolute atomic E-state index is 12.2. The van der Waals surface area contributed by atoms with Crippen molar-refractivity contribution < 1.29 is 19.1 Å².